The fraction of sp³-hybridized carbons (Fsp3) is 0.550. The van der Waals surface area contributed by atoms with Crippen LogP contribution < -0.4 is 5.32 Å². The van der Waals surface area contributed by atoms with Gasteiger partial charge >= 0.3 is 0 Å². The molecule has 0 bridgehead atoms. The molecule has 180 valence electrons. The molecule has 33 heavy (non-hydrogen) atoms. The van der Waals surface area contributed by atoms with Crippen molar-refractivity contribution in [1.29, 1.82) is 0 Å². The van der Waals surface area contributed by atoms with E-state index in [9.17, 15) is 13.2 Å². The first-order valence-corrected chi connectivity index (χ1v) is 12.8. The van der Waals surface area contributed by atoms with Gasteiger partial charge in [0.15, 0.2) is 0 Å². The topological polar surface area (TPSA) is 110 Å². The van der Waals surface area contributed by atoms with Crippen LogP contribution in [0.2, 0.25) is 10.0 Å². The van der Waals surface area contributed by atoms with Crippen molar-refractivity contribution >= 4 is 39.1 Å². The molecule has 1 aromatic heterocycles. The molecule has 10 nitrogen and oxygen atoms in total. The Labute approximate surface area is 202 Å². The number of aromatic nitrogens is 3. The van der Waals surface area contributed by atoms with Gasteiger partial charge in [0.25, 0.3) is 15.9 Å². The Morgan fingerprint density at radius 3 is 2.48 bits per heavy atom. The summed E-state index contributed by atoms with van der Waals surface area (Å²) in [6.45, 7) is 3.31. The molecule has 0 radical (unpaired) electrons. The number of halogens is 2. The number of benzene rings is 1. The van der Waals surface area contributed by atoms with Gasteiger partial charge in [0.05, 0.1) is 16.8 Å². The fourth-order valence-corrected chi connectivity index (χ4v) is 6.18. The summed E-state index contributed by atoms with van der Waals surface area (Å²) in [4.78, 5) is 15.1. The Balaban J connectivity index is 1.44. The van der Waals surface area contributed by atoms with Crippen molar-refractivity contribution in [3.8, 4) is 0 Å². The van der Waals surface area contributed by atoms with E-state index in [4.69, 9.17) is 27.9 Å². The van der Waals surface area contributed by atoms with Gasteiger partial charge in [0, 0.05) is 63.5 Å². The minimum atomic E-state index is -3.69. The van der Waals surface area contributed by atoms with Crippen LogP contribution in [0.5, 0.6) is 0 Å². The summed E-state index contributed by atoms with van der Waals surface area (Å²) in [6.07, 6.45) is 2.87. The third-order valence-corrected chi connectivity index (χ3v) is 8.58. The Kier molecular flexibility index (Phi) is 7.27. The third-order valence-electron chi connectivity index (χ3n) is 6.27. The number of nitrogens with one attached hydrogen (secondary N) is 1. The van der Waals surface area contributed by atoms with E-state index < -0.39 is 10.0 Å². The Hall–Kier alpha value is -1.76. The molecule has 2 aliphatic heterocycles. The minimum absolute atomic E-state index is 0.0497. The molecule has 1 amide bonds. The number of hydrogen-bond acceptors (Lipinski definition) is 7. The second kappa shape index (κ2) is 9.85. The Bertz CT molecular complexity index is 1110. The number of rotatable bonds is 6. The molecule has 0 aliphatic carbocycles. The van der Waals surface area contributed by atoms with Crippen molar-refractivity contribution < 1.29 is 17.9 Å². The third kappa shape index (κ3) is 5.18. The average molecular weight is 517 g/mol. The molecule has 2 saturated heterocycles. The maximum Gasteiger partial charge on any atom is 0.264 e. The summed E-state index contributed by atoms with van der Waals surface area (Å²) in [5.41, 5.74) is 0.0398. The van der Waals surface area contributed by atoms with E-state index in [1.54, 1.807) is 25.2 Å². The summed E-state index contributed by atoms with van der Waals surface area (Å²) < 4.78 is 34.2. The van der Waals surface area contributed by atoms with Crippen LogP contribution in [0.15, 0.2) is 29.4 Å². The van der Waals surface area contributed by atoms with Gasteiger partial charge in [-0.1, -0.05) is 28.4 Å². The van der Waals surface area contributed by atoms with Crippen LogP contribution in [0.25, 0.3) is 0 Å². The maximum atomic E-state index is 12.9. The van der Waals surface area contributed by atoms with E-state index in [0.29, 0.717) is 61.5 Å². The first-order valence-electron chi connectivity index (χ1n) is 10.6. The first kappa shape index (κ1) is 24.4. The number of amides is 1. The summed E-state index contributed by atoms with van der Waals surface area (Å²) >= 11 is 12.1. The smallest absolute Gasteiger partial charge is 0.264 e. The van der Waals surface area contributed by atoms with Crippen LogP contribution in [-0.2, 0) is 21.8 Å². The van der Waals surface area contributed by atoms with Crippen molar-refractivity contribution in [3.05, 3.63) is 40.0 Å². The van der Waals surface area contributed by atoms with Gasteiger partial charge in [0.1, 0.15) is 0 Å². The molecular formula is C20H26Cl2N6O4S. The van der Waals surface area contributed by atoms with Crippen LogP contribution in [0, 0.1) is 0 Å². The van der Waals surface area contributed by atoms with Crippen molar-refractivity contribution in [2.24, 2.45) is 7.05 Å². The first-order chi connectivity index (χ1) is 15.7. The lowest BCUT2D eigenvalue weighted by molar-refractivity contribution is -0.0385. The number of carbonyl (C=O) groups excluding carboxylic acids is 1. The number of sulfonamides is 1. The highest BCUT2D eigenvalue weighted by Gasteiger charge is 2.42. The molecule has 2 fully saturated rings. The number of ether oxygens (including phenoxy) is 1. The quantitative estimate of drug-likeness (QED) is 0.617. The molecular weight excluding hydrogens is 491 g/mol. The van der Waals surface area contributed by atoms with Crippen LogP contribution >= 0.6 is 23.2 Å². The van der Waals surface area contributed by atoms with Gasteiger partial charge in [-0.15, -0.1) is 5.10 Å². The van der Waals surface area contributed by atoms with Crippen LogP contribution in [0.1, 0.15) is 23.2 Å². The van der Waals surface area contributed by atoms with Crippen molar-refractivity contribution in [2.75, 3.05) is 45.9 Å². The maximum absolute atomic E-state index is 12.9. The van der Waals surface area contributed by atoms with E-state index in [2.05, 4.69) is 20.5 Å². The average Bonchev–Trinajstić information content (AvgIpc) is 3.25. The Morgan fingerprint density at radius 2 is 1.88 bits per heavy atom. The molecule has 0 spiro atoms. The SMILES string of the molecule is Cn1cc(S(=O)(=O)N2CCN(C3(CNC(=O)c4ccc(Cl)cc4Cl)CCOCC3)CC2)nn1. The number of carbonyl (C=O) groups is 1. The molecule has 0 unspecified atom stereocenters. The van der Waals surface area contributed by atoms with Crippen molar-refractivity contribution in [2.45, 2.75) is 23.4 Å². The number of hydrogen-bond donors (Lipinski definition) is 1. The van der Waals surface area contributed by atoms with E-state index in [1.165, 1.54) is 15.2 Å². The van der Waals surface area contributed by atoms with E-state index >= 15 is 0 Å². The second-order valence-corrected chi connectivity index (χ2v) is 11.0. The Morgan fingerprint density at radius 1 is 1.18 bits per heavy atom. The van der Waals surface area contributed by atoms with Crippen molar-refractivity contribution in [3.63, 3.8) is 0 Å². The highest BCUT2D eigenvalue weighted by molar-refractivity contribution is 7.89. The summed E-state index contributed by atoms with van der Waals surface area (Å²) in [6, 6.07) is 4.77. The summed E-state index contributed by atoms with van der Waals surface area (Å²) in [5.74, 6) is -0.272. The van der Waals surface area contributed by atoms with Crippen LogP contribution in [0.3, 0.4) is 0 Å². The lowest BCUT2D eigenvalue weighted by atomic mass is 9.87. The predicted molar refractivity (Wildman–Crippen MR) is 123 cm³/mol. The highest BCUT2D eigenvalue weighted by Crippen LogP contribution is 2.30. The van der Waals surface area contributed by atoms with Gasteiger partial charge in [-0.05, 0) is 31.0 Å². The van der Waals surface area contributed by atoms with Gasteiger partial charge in [-0.25, -0.2) is 8.42 Å². The number of nitrogens with zero attached hydrogens (tertiary/aromatic N) is 5. The van der Waals surface area contributed by atoms with Crippen LogP contribution in [0.4, 0.5) is 0 Å². The van der Waals surface area contributed by atoms with Gasteiger partial charge < -0.3 is 10.1 Å². The molecule has 13 heteroatoms. The predicted octanol–water partition coefficient (Wildman–Crippen LogP) is 1.41. The molecule has 2 aromatic rings. The van der Waals surface area contributed by atoms with Crippen molar-refractivity contribution in [1.82, 2.24) is 29.5 Å². The largest absolute Gasteiger partial charge is 0.381 e. The zero-order valence-corrected chi connectivity index (χ0v) is 20.5. The highest BCUT2D eigenvalue weighted by atomic mass is 35.5. The summed E-state index contributed by atoms with van der Waals surface area (Å²) in [7, 11) is -2.06. The lowest BCUT2D eigenvalue weighted by Gasteiger charge is -2.49. The fourth-order valence-electron chi connectivity index (χ4n) is 4.35. The number of aryl methyl sites for hydroxylation is 1. The zero-order chi connectivity index (χ0) is 23.6. The summed E-state index contributed by atoms with van der Waals surface area (Å²) in [5, 5.41) is 11.2. The van der Waals surface area contributed by atoms with Gasteiger partial charge in [0.2, 0.25) is 5.03 Å². The van der Waals surface area contributed by atoms with E-state index in [0.717, 1.165) is 12.8 Å². The molecule has 3 heterocycles. The molecule has 0 saturated carbocycles. The molecule has 4 rings (SSSR count). The van der Waals surface area contributed by atoms with Crippen LogP contribution in [-0.4, -0.2) is 90.0 Å². The van der Waals surface area contributed by atoms with E-state index in [1.807, 2.05) is 0 Å². The van der Waals surface area contributed by atoms with Gasteiger partial charge in [-0.3, -0.25) is 14.4 Å². The number of piperazine rings is 1. The van der Waals surface area contributed by atoms with E-state index in [-0.39, 0.29) is 16.5 Å². The van der Waals surface area contributed by atoms with Gasteiger partial charge in [-0.2, -0.15) is 4.31 Å². The second-order valence-electron chi connectivity index (χ2n) is 8.27. The standard InChI is InChI=1S/C20H26Cl2N6O4S/c1-26-13-18(24-25-26)33(30,31)28-8-6-27(7-9-28)20(4-10-32-11-5-20)14-23-19(29)16-3-2-15(21)12-17(16)22/h2-3,12-13H,4-11,14H2,1H3,(H,23,29). The molecule has 0 atom stereocenters. The zero-order valence-electron chi connectivity index (χ0n) is 18.2. The molecule has 1 aromatic carbocycles. The minimum Gasteiger partial charge on any atom is -0.381 e. The molecule has 2 aliphatic rings. The molecule has 1 N–H and O–H groups in total. The lowest BCUT2D eigenvalue weighted by Crippen LogP contribution is -2.63. The monoisotopic (exact) mass is 516 g/mol. The normalized spacial score (nSPS) is 20.0.